The van der Waals surface area contributed by atoms with Gasteiger partial charge in [0.05, 0.1) is 30.3 Å². The number of rotatable bonds is 2. The van der Waals surface area contributed by atoms with E-state index < -0.39 is 0 Å². The lowest BCUT2D eigenvalue weighted by molar-refractivity contribution is -0.122. The summed E-state index contributed by atoms with van der Waals surface area (Å²) in [6.07, 6.45) is 3.20. The first-order chi connectivity index (χ1) is 19.5. The first-order valence-corrected chi connectivity index (χ1v) is 13.6. The fourth-order valence-corrected chi connectivity index (χ4v) is 5.62. The molecule has 2 aromatic carbocycles. The number of carbonyl (C=O) groups is 3. The Kier molecular flexibility index (Phi) is 6.98. The molecule has 0 saturated carbocycles. The molecule has 206 valence electrons. The Labute approximate surface area is 231 Å². The van der Waals surface area contributed by atoms with Crippen LogP contribution in [0.3, 0.4) is 0 Å². The van der Waals surface area contributed by atoms with Gasteiger partial charge in [-0.15, -0.1) is 0 Å². The molecular weight excluding hydrogens is 510 g/mol. The number of nitrogens with one attached hydrogen (secondary N) is 2. The Hall–Kier alpha value is -4.60. The van der Waals surface area contributed by atoms with Crippen LogP contribution < -0.4 is 10.1 Å². The maximum Gasteiger partial charge on any atom is 0.276 e. The summed E-state index contributed by atoms with van der Waals surface area (Å²) < 4.78 is 11.1. The molecule has 2 atom stereocenters. The number of aromatic nitrogens is 2. The molecule has 40 heavy (non-hydrogen) atoms. The zero-order valence-corrected chi connectivity index (χ0v) is 22.3. The number of nitrogens with zero attached hydrogens (tertiary/aromatic N) is 3. The average molecular weight is 542 g/mol. The van der Waals surface area contributed by atoms with E-state index in [0.29, 0.717) is 50.4 Å². The molecular formula is C30H31N5O5. The zero-order chi connectivity index (χ0) is 27.6. The van der Waals surface area contributed by atoms with Crippen molar-refractivity contribution in [1.29, 1.82) is 0 Å². The molecule has 2 aliphatic rings. The van der Waals surface area contributed by atoms with Gasteiger partial charge in [0.15, 0.2) is 5.69 Å². The molecule has 0 aliphatic carbocycles. The average Bonchev–Trinajstić information content (AvgIpc) is 3.71. The number of aromatic amines is 1. The largest absolute Gasteiger partial charge is 0.494 e. The highest BCUT2D eigenvalue weighted by Crippen LogP contribution is 2.32. The molecule has 1 fully saturated rings. The van der Waals surface area contributed by atoms with Gasteiger partial charge in [-0.05, 0) is 49.6 Å². The standard InChI is InChI=1S/C30H31N5O5/c1-19-14-25(33-40-19)30(38)34-12-2-3-13-39-22-8-4-7-21(15-22)24-16-35(17-26(24)32-27(36)18-34)29(37)23-9-5-6-20-10-11-31-28(20)23/h4-11,14-15,24,26,31H,2-3,12-13,16-18H2,1H3,(H,32,36)/t24-,26+/m1/s1. The molecule has 0 radical (unpaired) electrons. The summed E-state index contributed by atoms with van der Waals surface area (Å²) in [5.41, 5.74) is 2.55. The first kappa shape index (κ1) is 25.7. The van der Waals surface area contributed by atoms with Crippen molar-refractivity contribution in [3.63, 3.8) is 0 Å². The molecule has 2 aromatic heterocycles. The number of hydrogen-bond acceptors (Lipinski definition) is 6. The van der Waals surface area contributed by atoms with E-state index in [1.165, 1.54) is 4.90 Å². The second-order valence-electron chi connectivity index (χ2n) is 10.4. The summed E-state index contributed by atoms with van der Waals surface area (Å²) in [6, 6.07) is 16.7. The third kappa shape index (κ3) is 5.16. The summed E-state index contributed by atoms with van der Waals surface area (Å²) in [6.45, 7) is 3.23. The highest BCUT2D eigenvalue weighted by atomic mass is 16.5. The molecule has 6 rings (SSSR count). The van der Waals surface area contributed by atoms with Crippen molar-refractivity contribution in [1.82, 2.24) is 25.3 Å². The van der Waals surface area contributed by atoms with Gasteiger partial charge in [-0.25, -0.2) is 0 Å². The Balaban J connectivity index is 1.28. The number of fused-ring (bicyclic) bond motifs is 5. The van der Waals surface area contributed by atoms with Crippen molar-refractivity contribution in [2.45, 2.75) is 31.7 Å². The molecule has 10 heteroatoms. The number of carbonyl (C=O) groups excluding carboxylic acids is 3. The predicted octanol–water partition coefficient (Wildman–Crippen LogP) is 3.50. The molecule has 10 nitrogen and oxygen atoms in total. The zero-order valence-electron chi connectivity index (χ0n) is 22.3. The van der Waals surface area contributed by atoms with Crippen LogP contribution in [0.5, 0.6) is 5.75 Å². The molecule has 2 bridgehead atoms. The molecule has 0 spiro atoms. The summed E-state index contributed by atoms with van der Waals surface area (Å²) in [5.74, 6) is 0.380. The topological polar surface area (TPSA) is 121 Å². The van der Waals surface area contributed by atoms with E-state index >= 15 is 0 Å². The highest BCUT2D eigenvalue weighted by Gasteiger charge is 2.38. The first-order valence-electron chi connectivity index (χ1n) is 13.6. The van der Waals surface area contributed by atoms with Crippen LogP contribution in [0.4, 0.5) is 0 Å². The molecule has 1 saturated heterocycles. The monoisotopic (exact) mass is 541 g/mol. The Morgan fingerprint density at radius 1 is 1.00 bits per heavy atom. The number of ether oxygens (including phenoxy) is 1. The van der Waals surface area contributed by atoms with Gasteiger partial charge in [-0.3, -0.25) is 14.4 Å². The van der Waals surface area contributed by atoms with Crippen molar-refractivity contribution < 1.29 is 23.6 Å². The van der Waals surface area contributed by atoms with Crippen molar-refractivity contribution in [2.75, 3.05) is 32.8 Å². The van der Waals surface area contributed by atoms with Crippen molar-refractivity contribution >= 4 is 28.6 Å². The minimum Gasteiger partial charge on any atom is -0.494 e. The maximum atomic E-state index is 13.7. The normalized spacial score (nSPS) is 20.0. The van der Waals surface area contributed by atoms with Crippen LogP contribution in [-0.2, 0) is 4.79 Å². The Morgan fingerprint density at radius 3 is 2.73 bits per heavy atom. The quantitative estimate of drug-likeness (QED) is 0.401. The third-order valence-corrected chi connectivity index (χ3v) is 7.62. The lowest BCUT2D eigenvalue weighted by atomic mass is 9.94. The van der Waals surface area contributed by atoms with Crippen LogP contribution >= 0.6 is 0 Å². The van der Waals surface area contributed by atoms with Crippen LogP contribution in [0.1, 0.15) is 50.9 Å². The summed E-state index contributed by atoms with van der Waals surface area (Å²) in [4.78, 5) is 46.7. The lowest BCUT2D eigenvalue weighted by Gasteiger charge is -2.25. The van der Waals surface area contributed by atoms with E-state index in [4.69, 9.17) is 9.26 Å². The van der Waals surface area contributed by atoms with Gasteiger partial charge in [0.1, 0.15) is 11.5 Å². The maximum absolute atomic E-state index is 13.7. The summed E-state index contributed by atoms with van der Waals surface area (Å²) >= 11 is 0. The molecule has 0 unspecified atom stereocenters. The summed E-state index contributed by atoms with van der Waals surface area (Å²) in [7, 11) is 0. The summed E-state index contributed by atoms with van der Waals surface area (Å²) in [5, 5.41) is 7.95. The fraction of sp³-hybridized carbons (Fsp3) is 0.333. The Morgan fingerprint density at radius 2 is 1.88 bits per heavy atom. The van der Waals surface area contributed by atoms with Crippen LogP contribution in [0.15, 0.2) is 65.3 Å². The minimum absolute atomic E-state index is 0.0988. The third-order valence-electron chi connectivity index (χ3n) is 7.62. The number of likely N-dealkylation sites (tertiary alicyclic amines) is 1. The number of benzene rings is 2. The van der Waals surface area contributed by atoms with Gasteiger partial charge in [0.25, 0.3) is 11.8 Å². The van der Waals surface area contributed by atoms with E-state index in [2.05, 4.69) is 15.5 Å². The van der Waals surface area contributed by atoms with Crippen molar-refractivity contribution in [3.05, 3.63) is 83.4 Å². The van der Waals surface area contributed by atoms with Gasteiger partial charge >= 0.3 is 0 Å². The fourth-order valence-electron chi connectivity index (χ4n) is 5.62. The van der Waals surface area contributed by atoms with Crippen molar-refractivity contribution in [3.8, 4) is 5.75 Å². The minimum atomic E-state index is -0.357. The number of para-hydroxylation sites is 1. The smallest absolute Gasteiger partial charge is 0.276 e. The van der Waals surface area contributed by atoms with Gasteiger partial charge in [0.2, 0.25) is 5.91 Å². The predicted molar refractivity (Wildman–Crippen MR) is 147 cm³/mol. The van der Waals surface area contributed by atoms with Crippen molar-refractivity contribution in [2.24, 2.45) is 0 Å². The van der Waals surface area contributed by atoms with Gasteiger partial charge in [-0.1, -0.05) is 29.4 Å². The van der Waals surface area contributed by atoms with Crippen LogP contribution in [0.2, 0.25) is 0 Å². The molecule has 3 amide bonds. The second-order valence-corrected chi connectivity index (χ2v) is 10.4. The Bertz CT molecular complexity index is 1560. The SMILES string of the molecule is Cc1cc(C(=O)N2CCCCOc3cccc(c3)[C@H]3CN(C(=O)c4cccc5cc[nH]c45)C[C@@H]3NC(=O)C2)no1. The van der Waals surface area contributed by atoms with Crippen LogP contribution in [0.25, 0.3) is 10.9 Å². The number of hydrogen-bond donors (Lipinski definition) is 2. The van der Waals surface area contributed by atoms with Gasteiger partial charge in [-0.2, -0.15) is 0 Å². The van der Waals surface area contributed by atoms with Crippen LogP contribution in [-0.4, -0.2) is 76.5 Å². The molecule has 4 aromatic rings. The molecule has 2 N–H and O–H groups in total. The van der Waals surface area contributed by atoms with E-state index in [1.807, 2.05) is 54.7 Å². The van der Waals surface area contributed by atoms with E-state index in [-0.39, 0.29) is 41.9 Å². The number of amides is 3. The molecule has 2 aliphatic heterocycles. The van der Waals surface area contributed by atoms with E-state index in [1.54, 1.807) is 17.9 Å². The van der Waals surface area contributed by atoms with Gasteiger partial charge in [0, 0.05) is 43.2 Å². The van der Waals surface area contributed by atoms with E-state index in [9.17, 15) is 14.4 Å². The van der Waals surface area contributed by atoms with Gasteiger partial charge < -0.3 is 29.4 Å². The molecule has 4 heterocycles. The van der Waals surface area contributed by atoms with E-state index in [0.717, 1.165) is 22.2 Å². The number of aryl methyl sites for hydroxylation is 1. The number of H-pyrrole nitrogens is 1. The lowest BCUT2D eigenvalue weighted by Crippen LogP contribution is -2.47. The second kappa shape index (κ2) is 10.9. The highest BCUT2D eigenvalue weighted by molar-refractivity contribution is 6.06. The van der Waals surface area contributed by atoms with Crippen LogP contribution in [0, 0.1) is 6.92 Å².